The van der Waals surface area contributed by atoms with Crippen molar-refractivity contribution in [3.05, 3.63) is 46.8 Å². The van der Waals surface area contributed by atoms with E-state index in [4.69, 9.17) is 14.0 Å². The lowest BCUT2D eigenvalue weighted by molar-refractivity contribution is -0.143. The molecule has 1 amide bonds. The molecule has 0 aliphatic carbocycles. The third-order valence-corrected chi connectivity index (χ3v) is 4.18. The van der Waals surface area contributed by atoms with Crippen LogP contribution in [0.15, 0.2) is 28.8 Å². The standard InChI is InChI=1S/C20H26N2O5/c1-12(2)10-18(20(24)25-5)21-19(23)15-6-8-16(9-7-15)26-11-17-13(3)22-27-14(17)4/h6-9,12,18H,10-11H2,1-5H3,(H,21,23)/t18-/m0/s1. The number of nitrogens with zero attached hydrogens (tertiary/aromatic N) is 1. The summed E-state index contributed by atoms with van der Waals surface area (Å²) in [6.07, 6.45) is 0.511. The van der Waals surface area contributed by atoms with Gasteiger partial charge in [-0.05, 0) is 50.5 Å². The average molecular weight is 374 g/mol. The lowest BCUT2D eigenvalue weighted by Crippen LogP contribution is -2.42. The lowest BCUT2D eigenvalue weighted by atomic mass is 10.0. The number of aryl methyl sites for hydroxylation is 2. The summed E-state index contributed by atoms with van der Waals surface area (Å²) in [7, 11) is 1.31. The lowest BCUT2D eigenvalue weighted by Gasteiger charge is -2.18. The number of hydrogen-bond donors (Lipinski definition) is 1. The normalized spacial score (nSPS) is 11.9. The summed E-state index contributed by atoms with van der Waals surface area (Å²) in [5.41, 5.74) is 2.14. The number of aromatic nitrogens is 1. The third-order valence-electron chi connectivity index (χ3n) is 4.18. The van der Waals surface area contributed by atoms with Crippen LogP contribution in [0, 0.1) is 19.8 Å². The van der Waals surface area contributed by atoms with Gasteiger partial charge in [-0.1, -0.05) is 19.0 Å². The van der Waals surface area contributed by atoms with Gasteiger partial charge < -0.3 is 19.3 Å². The van der Waals surface area contributed by atoms with Crippen molar-refractivity contribution in [3.63, 3.8) is 0 Å². The number of benzene rings is 1. The van der Waals surface area contributed by atoms with Gasteiger partial charge in [0.25, 0.3) is 5.91 Å². The van der Waals surface area contributed by atoms with E-state index in [1.165, 1.54) is 7.11 Å². The first-order valence-corrected chi connectivity index (χ1v) is 8.85. The van der Waals surface area contributed by atoms with Gasteiger partial charge >= 0.3 is 5.97 Å². The first kappa shape index (κ1) is 20.5. The van der Waals surface area contributed by atoms with Crippen LogP contribution in [0.3, 0.4) is 0 Å². The zero-order valence-corrected chi connectivity index (χ0v) is 16.4. The minimum atomic E-state index is -0.669. The summed E-state index contributed by atoms with van der Waals surface area (Å²) in [5.74, 6) is 0.815. The van der Waals surface area contributed by atoms with Gasteiger partial charge in [0.05, 0.1) is 18.4 Å². The average Bonchev–Trinajstić information content (AvgIpc) is 2.96. The second kappa shape index (κ2) is 9.21. The fraction of sp³-hybridized carbons (Fsp3) is 0.450. The summed E-state index contributed by atoms with van der Waals surface area (Å²) in [6, 6.07) is 6.06. The molecule has 0 saturated carbocycles. The van der Waals surface area contributed by atoms with Crippen LogP contribution in [0.25, 0.3) is 0 Å². The topological polar surface area (TPSA) is 90.7 Å². The van der Waals surface area contributed by atoms with Crippen molar-refractivity contribution in [2.45, 2.75) is 46.8 Å². The van der Waals surface area contributed by atoms with Crippen LogP contribution in [0.5, 0.6) is 5.75 Å². The van der Waals surface area contributed by atoms with Crippen molar-refractivity contribution in [2.24, 2.45) is 5.92 Å². The fourth-order valence-electron chi connectivity index (χ4n) is 2.64. The molecule has 0 bridgehead atoms. The Morgan fingerprint density at radius 3 is 2.37 bits per heavy atom. The van der Waals surface area contributed by atoms with Crippen LogP contribution >= 0.6 is 0 Å². The number of esters is 1. The van der Waals surface area contributed by atoms with Crippen molar-refractivity contribution in [1.82, 2.24) is 10.5 Å². The first-order valence-electron chi connectivity index (χ1n) is 8.85. The number of nitrogens with one attached hydrogen (secondary N) is 1. The molecule has 0 aliphatic heterocycles. The Hall–Kier alpha value is -2.83. The second-order valence-electron chi connectivity index (χ2n) is 6.79. The van der Waals surface area contributed by atoms with Gasteiger partial charge in [-0.3, -0.25) is 4.79 Å². The summed E-state index contributed by atoms with van der Waals surface area (Å²) in [4.78, 5) is 24.3. The van der Waals surface area contributed by atoms with E-state index >= 15 is 0 Å². The highest BCUT2D eigenvalue weighted by Crippen LogP contribution is 2.18. The maximum atomic E-state index is 12.4. The predicted molar refractivity (Wildman–Crippen MR) is 99.5 cm³/mol. The highest BCUT2D eigenvalue weighted by atomic mass is 16.5. The summed E-state index contributed by atoms with van der Waals surface area (Å²) in [6.45, 7) is 7.99. The molecule has 27 heavy (non-hydrogen) atoms. The van der Waals surface area contributed by atoms with Crippen LogP contribution in [-0.2, 0) is 16.1 Å². The van der Waals surface area contributed by atoms with E-state index in [0.717, 1.165) is 17.0 Å². The number of hydrogen-bond acceptors (Lipinski definition) is 6. The quantitative estimate of drug-likeness (QED) is 0.714. The van der Waals surface area contributed by atoms with Gasteiger partial charge in [0, 0.05) is 5.56 Å². The number of methoxy groups -OCH3 is 1. The molecule has 0 unspecified atom stereocenters. The molecule has 2 rings (SSSR count). The summed E-state index contributed by atoms with van der Waals surface area (Å²) >= 11 is 0. The Morgan fingerprint density at radius 1 is 1.19 bits per heavy atom. The molecule has 1 aromatic heterocycles. The van der Waals surface area contributed by atoms with Crippen LogP contribution < -0.4 is 10.1 Å². The van der Waals surface area contributed by atoms with E-state index in [1.807, 2.05) is 27.7 Å². The van der Waals surface area contributed by atoms with Crippen LogP contribution in [0.4, 0.5) is 0 Å². The SMILES string of the molecule is COC(=O)[C@H](CC(C)C)NC(=O)c1ccc(OCc2c(C)noc2C)cc1. The minimum absolute atomic E-state index is 0.245. The van der Waals surface area contributed by atoms with Crippen LogP contribution in [-0.4, -0.2) is 30.2 Å². The van der Waals surface area contributed by atoms with Gasteiger partial charge in [0.1, 0.15) is 24.2 Å². The van der Waals surface area contributed by atoms with Gasteiger partial charge in [-0.2, -0.15) is 0 Å². The summed E-state index contributed by atoms with van der Waals surface area (Å²) in [5, 5.41) is 6.62. The van der Waals surface area contributed by atoms with Gasteiger partial charge in [-0.15, -0.1) is 0 Å². The van der Waals surface area contributed by atoms with Crippen molar-refractivity contribution >= 4 is 11.9 Å². The monoisotopic (exact) mass is 374 g/mol. The van der Waals surface area contributed by atoms with E-state index in [2.05, 4.69) is 10.5 Å². The van der Waals surface area contributed by atoms with Crippen molar-refractivity contribution in [3.8, 4) is 5.75 Å². The Kier molecular flexibility index (Phi) is 6.98. The zero-order valence-electron chi connectivity index (χ0n) is 16.4. The molecule has 0 aliphatic rings. The predicted octanol–water partition coefficient (Wildman–Crippen LogP) is 3.19. The van der Waals surface area contributed by atoms with Crippen LogP contribution in [0.1, 0.15) is 47.6 Å². The molecule has 0 radical (unpaired) electrons. The van der Waals surface area contributed by atoms with Gasteiger partial charge in [-0.25, -0.2) is 4.79 Å². The maximum absolute atomic E-state index is 12.4. The Bertz CT molecular complexity index is 761. The Morgan fingerprint density at radius 2 is 1.85 bits per heavy atom. The molecule has 1 N–H and O–H groups in total. The smallest absolute Gasteiger partial charge is 0.328 e. The van der Waals surface area contributed by atoms with Gasteiger partial charge in [0.15, 0.2) is 0 Å². The molecule has 1 atom stereocenters. The van der Waals surface area contributed by atoms with E-state index in [9.17, 15) is 9.59 Å². The minimum Gasteiger partial charge on any atom is -0.489 e. The Balaban J connectivity index is 1.98. The van der Waals surface area contributed by atoms with E-state index in [0.29, 0.717) is 24.3 Å². The first-order chi connectivity index (χ1) is 12.8. The van der Waals surface area contributed by atoms with E-state index in [-0.39, 0.29) is 11.8 Å². The second-order valence-corrected chi connectivity index (χ2v) is 6.79. The number of rotatable bonds is 8. The number of carbonyl (C=O) groups is 2. The Labute approximate surface area is 159 Å². The molecule has 2 aromatic rings. The van der Waals surface area contributed by atoms with Gasteiger partial charge in [0.2, 0.25) is 0 Å². The molecule has 1 aromatic carbocycles. The fourth-order valence-corrected chi connectivity index (χ4v) is 2.64. The molecular formula is C20H26N2O5. The number of ether oxygens (including phenoxy) is 2. The molecule has 0 fully saturated rings. The molecule has 7 nitrogen and oxygen atoms in total. The zero-order chi connectivity index (χ0) is 20.0. The summed E-state index contributed by atoms with van der Waals surface area (Å²) < 4.78 is 15.6. The van der Waals surface area contributed by atoms with Crippen molar-refractivity contribution < 1.29 is 23.6 Å². The third kappa shape index (κ3) is 5.57. The molecule has 0 saturated heterocycles. The van der Waals surface area contributed by atoms with Crippen LogP contribution in [0.2, 0.25) is 0 Å². The maximum Gasteiger partial charge on any atom is 0.328 e. The van der Waals surface area contributed by atoms with E-state index in [1.54, 1.807) is 24.3 Å². The number of amides is 1. The van der Waals surface area contributed by atoms with Crippen molar-refractivity contribution in [1.29, 1.82) is 0 Å². The number of carbonyl (C=O) groups excluding carboxylic acids is 2. The molecule has 0 spiro atoms. The largest absolute Gasteiger partial charge is 0.489 e. The highest BCUT2D eigenvalue weighted by molar-refractivity contribution is 5.96. The highest BCUT2D eigenvalue weighted by Gasteiger charge is 2.23. The van der Waals surface area contributed by atoms with Crippen molar-refractivity contribution in [2.75, 3.05) is 7.11 Å². The molecule has 1 heterocycles. The van der Waals surface area contributed by atoms with E-state index < -0.39 is 12.0 Å². The molecular weight excluding hydrogens is 348 g/mol. The molecule has 146 valence electrons. The molecule has 7 heteroatoms.